The minimum atomic E-state index is -0.548. The lowest BCUT2D eigenvalue weighted by molar-refractivity contribution is -0.140. The topological polar surface area (TPSA) is 66.6 Å². The number of aliphatic hydroxyl groups excluding tert-OH is 1. The first-order valence-electron chi connectivity index (χ1n) is 3.82. The van der Waals surface area contributed by atoms with E-state index in [0.29, 0.717) is 0 Å². The summed E-state index contributed by atoms with van der Waals surface area (Å²) >= 11 is 0. The molecule has 2 atom stereocenters. The van der Waals surface area contributed by atoms with Crippen molar-refractivity contribution in [2.75, 3.05) is 13.1 Å². The second-order valence-electron chi connectivity index (χ2n) is 2.87. The first kappa shape index (κ1) is 8.49. The Kier molecular flexibility index (Phi) is 2.46. The number of aliphatic hydroxyl groups is 1. The van der Waals surface area contributed by atoms with Crippen molar-refractivity contribution in [2.24, 2.45) is 5.73 Å². The van der Waals surface area contributed by atoms with Crippen LogP contribution in [-0.2, 0) is 4.79 Å². The molecule has 1 fully saturated rings. The van der Waals surface area contributed by atoms with Gasteiger partial charge in [-0.2, -0.15) is 0 Å². The highest BCUT2D eigenvalue weighted by Crippen LogP contribution is 2.19. The molecule has 0 aromatic heterocycles. The lowest BCUT2D eigenvalue weighted by Gasteiger charge is -2.42. The van der Waals surface area contributed by atoms with Crippen LogP contribution in [0.3, 0.4) is 0 Å². The number of nitrogens with two attached hydrogens (primary N) is 1. The molecule has 1 rings (SSSR count). The molecule has 0 aromatic rings. The maximum Gasteiger partial charge on any atom is 0.219 e. The zero-order chi connectivity index (χ0) is 8.43. The molecule has 1 saturated heterocycles. The Labute approximate surface area is 66.0 Å². The van der Waals surface area contributed by atoms with Gasteiger partial charge < -0.3 is 15.7 Å². The highest BCUT2D eigenvalue weighted by atomic mass is 16.3. The van der Waals surface area contributed by atoms with E-state index < -0.39 is 6.10 Å². The van der Waals surface area contributed by atoms with Crippen molar-refractivity contribution in [1.29, 1.82) is 0 Å². The number of amides is 1. The van der Waals surface area contributed by atoms with Gasteiger partial charge >= 0.3 is 0 Å². The van der Waals surface area contributed by atoms with Crippen LogP contribution >= 0.6 is 0 Å². The third-order valence-corrected chi connectivity index (χ3v) is 2.16. The number of hydrogen-bond acceptors (Lipinski definition) is 3. The minimum absolute atomic E-state index is 0.0220. The summed E-state index contributed by atoms with van der Waals surface area (Å²) in [6.45, 7) is 2.50. The number of carbonyl (C=O) groups is 1. The van der Waals surface area contributed by atoms with E-state index in [9.17, 15) is 9.90 Å². The molecule has 64 valence electrons. The summed E-state index contributed by atoms with van der Waals surface area (Å²) in [7, 11) is 0. The summed E-state index contributed by atoms with van der Waals surface area (Å²) in [4.78, 5) is 12.5. The molecule has 2 unspecified atom stereocenters. The highest BCUT2D eigenvalue weighted by Gasteiger charge is 2.34. The second-order valence-corrected chi connectivity index (χ2v) is 2.87. The molecule has 0 saturated carbocycles. The molecule has 3 N–H and O–H groups in total. The molecule has 1 amide bonds. The van der Waals surface area contributed by atoms with E-state index in [-0.39, 0.29) is 18.5 Å². The second kappa shape index (κ2) is 3.19. The lowest BCUT2D eigenvalue weighted by atomic mass is 9.97. The van der Waals surface area contributed by atoms with E-state index in [1.165, 1.54) is 6.92 Å². The molecule has 1 aliphatic rings. The zero-order valence-electron chi connectivity index (χ0n) is 6.66. The van der Waals surface area contributed by atoms with Crippen LogP contribution in [0.2, 0.25) is 0 Å². The van der Waals surface area contributed by atoms with Gasteiger partial charge in [-0.15, -0.1) is 0 Å². The molecule has 0 radical (unpaired) electrons. The molecule has 4 heteroatoms. The Bertz CT molecular complexity index is 161. The molecular weight excluding hydrogens is 144 g/mol. The Morgan fingerprint density at radius 2 is 2.55 bits per heavy atom. The van der Waals surface area contributed by atoms with Gasteiger partial charge in [0.1, 0.15) is 0 Å². The Morgan fingerprint density at radius 1 is 1.91 bits per heavy atom. The molecule has 0 aromatic carbocycles. The van der Waals surface area contributed by atoms with E-state index in [0.717, 1.165) is 13.0 Å². The van der Waals surface area contributed by atoms with Gasteiger partial charge in [0.2, 0.25) is 5.91 Å². The monoisotopic (exact) mass is 158 g/mol. The molecule has 11 heavy (non-hydrogen) atoms. The fraction of sp³-hybridized carbons (Fsp3) is 0.857. The SMILES string of the molecule is CC(=O)N1CCC1C(O)CN. The van der Waals surface area contributed by atoms with Crippen molar-refractivity contribution in [3.05, 3.63) is 0 Å². The van der Waals surface area contributed by atoms with E-state index in [1.54, 1.807) is 4.90 Å². The van der Waals surface area contributed by atoms with Gasteiger partial charge in [0.15, 0.2) is 0 Å². The van der Waals surface area contributed by atoms with Gasteiger partial charge in [-0.3, -0.25) is 4.79 Å². The van der Waals surface area contributed by atoms with Crippen molar-refractivity contribution in [2.45, 2.75) is 25.5 Å². The van der Waals surface area contributed by atoms with E-state index in [2.05, 4.69) is 0 Å². The first-order valence-corrected chi connectivity index (χ1v) is 3.82. The van der Waals surface area contributed by atoms with Gasteiger partial charge in [0.25, 0.3) is 0 Å². The summed E-state index contributed by atoms with van der Waals surface area (Å²) in [5.74, 6) is 0.0220. The largest absolute Gasteiger partial charge is 0.390 e. The van der Waals surface area contributed by atoms with Gasteiger partial charge in [-0.25, -0.2) is 0 Å². The summed E-state index contributed by atoms with van der Waals surface area (Å²) < 4.78 is 0. The minimum Gasteiger partial charge on any atom is -0.390 e. The fourth-order valence-corrected chi connectivity index (χ4v) is 1.36. The van der Waals surface area contributed by atoms with Crippen molar-refractivity contribution in [3.8, 4) is 0 Å². The highest BCUT2D eigenvalue weighted by molar-refractivity contribution is 5.74. The zero-order valence-corrected chi connectivity index (χ0v) is 6.66. The molecule has 4 nitrogen and oxygen atoms in total. The molecule has 0 bridgehead atoms. The van der Waals surface area contributed by atoms with Crippen LogP contribution in [0, 0.1) is 0 Å². The third kappa shape index (κ3) is 1.52. The van der Waals surface area contributed by atoms with Crippen molar-refractivity contribution < 1.29 is 9.90 Å². The average molecular weight is 158 g/mol. The molecular formula is C7H14N2O2. The number of nitrogens with zero attached hydrogens (tertiary/aromatic N) is 1. The number of carbonyl (C=O) groups excluding carboxylic acids is 1. The predicted molar refractivity (Wildman–Crippen MR) is 40.9 cm³/mol. The first-order chi connectivity index (χ1) is 5.16. The smallest absolute Gasteiger partial charge is 0.219 e. The van der Waals surface area contributed by atoms with Crippen molar-refractivity contribution in [1.82, 2.24) is 4.90 Å². The Balaban J connectivity index is 2.42. The molecule has 1 heterocycles. The fourth-order valence-electron chi connectivity index (χ4n) is 1.36. The quantitative estimate of drug-likeness (QED) is 0.537. The van der Waals surface area contributed by atoms with Gasteiger partial charge in [0, 0.05) is 20.0 Å². The van der Waals surface area contributed by atoms with Crippen LogP contribution in [-0.4, -0.2) is 41.1 Å². The maximum absolute atomic E-state index is 10.8. The van der Waals surface area contributed by atoms with Crippen LogP contribution in [0.4, 0.5) is 0 Å². The van der Waals surface area contributed by atoms with Gasteiger partial charge in [0.05, 0.1) is 12.1 Å². The maximum atomic E-state index is 10.8. The predicted octanol–water partition coefficient (Wildman–Crippen LogP) is -1.07. The average Bonchev–Trinajstić information content (AvgIpc) is 1.83. The van der Waals surface area contributed by atoms with Crippen LogP contribution < -0.4 is 5.73 Å². The van der Waals surface area contributed by atoms with E-state index >= 15 is 0 Å². The van der Waals surface area contributed by atoms with Crippen LogP contribution in [0.5, 0.6) is 0 Å². The number of hydrogen-bond donors (Lipinski definition) is 2. The Morgan fingerprint density at radius 3 is 2.82 bits per heavy atom. The summed E-state index contributed by atoms with van der Waals surface area (Å²) in [6, 6.07) is -0.0301. The van der Waals surface area contributed by atoms with Gasteiger partial charge in [-0.1, -0.05) is 0 Å². The summed E-state index contributed by atoms with van der Waals surface area (Å²) in [5, 5.41) is 9.28. The Hall–Kier alpha value is -0.610. The third-order valence-electron chi connectivity index (χ3n) is 2.16. The normalized spacial score (nSPS) is 26.1. The van der Waals surface area contributed by atoms with Crippen molar-refractivity contribution in [3.63, 3.8) is 0 Å². The van der Waals surface area contributed by atoms with E-state index in [4.69, 9.17) is 5.73 Å². The van der Waals surface area contributed by atoms with Gasteiger partial charge in [-0.05, 0) is 6.42 Å². The lowest BCUT2D eigenvalue weighted by Crippen LogP contribution is -2.57. The standard InChI is InChI=1S/C7H14N2O2/c1-5(10)9-3-2-6(9)7(11)4-8/h6-7,11H,2-4,8H2,1H3. The van der Waals surface area contributed by atoms with E-state index in [1.807, 2.05) is 0 Å². The van der Waals surface area contributed by atoms with Crippen molar-refractivity contribution >= 4 is 5.91 Å². The van der Waals surface area contributed by atoms with Crippen LogP contribution in [0.15, 0.2) is 0 Å². The number of rotatable bonds is 2. The van der Waals surface area contributed by atoms with Crippen LogP contribution in [0.25, 0.3) is 0 Å². The molecule has 0 spiro atoms. The number of likely N-dealkylation sites (tertiary alicyclic amines) is 1. The summed E-state index contributed by atoms with van der Waals surface area (Å²) in [5.41, 5.74) is 5.26. The van der Waals surface area contributed by atoms with Crippen LogP contribution in [0.1, 0.15) is 13.3 Å². The molecule has 0 aliphatic carbocycles. The molecule has 1 aliphatic heterocycles. The summed E-state index contributed by atoms with van der Waals surface area (Å²) in [6.07, 6.45) is 0.324.